The predicted molar refractivity (Wildman–Crippen MR) is 90.6 cm³/mol. The van der Waals surface area contributed by atoms with Gasteiger partial charge in [0.1, 0.15) is 5.82 Å². The Labute approximate surface area is 133 Å². The molecule has 0 radical (unpaired) electrons. The summed E-state index contributed by atoms with van der Waals surface area (Å²) in [6, 6.07) is 11.5. The van der Waals surface area contributed by atoms with E-state index in [-0.39, 0.29) is 11.9 Å². The monoisotopic (exact) mass is 383 g/mol. The molecule has 0 saturated heterocycles. The van der Waals surface area contributed by atoms with Crippen molar-refractivity contribution in [3.63, 3.8) is 0 Å². The number of rotatable bonds is 4. The first kappa shape index (κ1) is 15.4. The first-order valence-corrected chi connectivity index (χ1v) is 7.86. The predicted octanol–water partition coefficient (Wildman–Crippen LogP) is 4.75. The number of halogens is 2. The Morgan fingerprint density at radius 1 is 1.20 bits per heavy atom. The molecule has 3 heteroatoms. The van der Waals surface area contributed by atoms with E-state index < -0.39 is 0 Å². The number of aryl methyl sites for hydroxylation is 2. The van der Waals surface area contributed by atoms with Gasteiger partial charge in [-0.2, -0.15) is 0 Å². The molecule has 0 aliphatic rings. The summed E-state index contributed by atoms with van der Waals surface area (Å²) in [6.45, 7) is 6.94. The highest BCUT2D eigenvalue weighted by atomic mass is 127. The van der Waals surface area contributed by atoms with E-state index in [1.165, 1.54) is 14.7 Å². The third-order valence-corrected chi connectivity index (χ3v) is 4.81. The molecule has 2 rings (SSSR count). The van der Waals surface area contributed by atoms with E-state index in [9.17, 15) is 4.39 Å². The fraction of sp³-hybridized carbons (Fsp3) is 0.294. The normalized spacial score (nSPS) is 12.4. The van der Waals surface area contributed by atoms with Crippen molar-refractivity contribution in [3.8, 4) is 0 Å². The van der Waals surface area contributed by atoms with Crippen molar-refractivity contribution in [2.75, 3.05) is 6.54 Å². The maximum absolute atomic E-state index is 13.7. The van der Waals surface area contributed by atoms with Crippen molar-refractivity contribution in [1.82, 2.24) is 5.32 Å². The quantitative estimate of drug-likeness (QED) is 0.752. The van der Waals surface area contributed by atoms with Crippen molar-refractivity contribution in [2.45, 2.75) is 26.8 Å². The average Bonchev–Trinajstić information content (AvgIpc) is 2.38. The molecule has 1 unspecified atom stereocenters. The second kappa shape index (κ2) is 6.68. The lowest BCUT2D eigenvalue weighted by molar-refractivity contribution is 0.600. The molecule has 0 saturated carbocycles. The van der Waals surface area contributed by atoms with Crippen LogP contribution >= 0.6 is 22.6 Å². The molecule has 106 valence electrons. The summed E-state index contributed by atoms with van der Waals surface area (Å²) in [5.74, 6) is -0.175. The topological polar surface area (TPSA) is 12.0 Å². The lowest BCUT2D eigenvalue weighted by Gasteiger charge is -2.21. The largest absolute Gasteiger partial charge is 0.306 e. The Balaban J connectivity index is 2.53. The summed E-state index contributed by atoms with van der Waals surface area (Å²) in [4.78, 5) is 0. The maximum Gasteiger partial charge on any atom is 0.123 e. The van der Waals surface area contributed by atoms with E-state index >= 15 is 0 Å². The first-order valence-electron chi connectivity index (χ1n) is 6.78. The van der Waals surface area contributed by atoms with Gasteiger partial charge in [0.15, 0.2) is 0 Å². The van der Waals surface area contributed by atoms with Gasteiger partial charge >= 0.3 is 0 Å². The Kier molecular flexibility index (Phi) is 5.16. The summed E-state index contributed by atoms with van der Waals surface area (Å²) in [5.41, 5.74) is 4.38. The van der Waals surface area contributed by atoms with E-state index in [0.29, 0.717) is 0 Å². The molecule has 0 aliphatic carbocycles. The standard InChI is InChI=1S/C17H19FIN/c1-4-20-17(13-8-11(2)9-14(18)10-13)15-7-5-6-12(3)16(15)19/h5-10,17,20H,4H2,1-3H3. The zero-order chi connectivity index (χ0) is 14.7. The van der Waals surface area contributed by atoms with Crippen LogP contribution in [0.5, 0.6) is 0 Å². The lowest BCUT2D eigenvalue weighted by atomic mass is 9.96. The van der Waals surface area contributed by atoms with Gasteiger partial charge in [-0.25, -0.2) is 4.39 Å². The minimum absolute atomic E-state index is 0.0289. The van der Waals surface area contributed by atoms with Crippen LogP contribution in [0.4, 0.5) is 4.39 Å². The molecule has 0 bridgehead atoms. The molecule has 1 N–H and O–H groups in total. The summed E-state index contributed by atoms with van der Waals surface area (Å²) in [5, 5.41) is 3.47. The van der Waals surface area contributed by atoms with Crippen LogP contribution in [-0.4, -0.2) is 6.54 Å². The van der Waals surface area contributed by atoms with Crippen molar-refractivity contribution < 1.29 is 4.39 Å². The highest BCUT2D eigenvalue weighted by molar-refractivity contribution is 14.1. The van der Waals surface area contributed by atoms with Gasteiger partial charge in [-0.05, 0) is 77.4 Å². The Morgan fingerprint density at radius 2 is 1.95 bits per heavy atom. The highest BCUT2D eigenvalue weighted by Gasteiger charge is 2.17. The van der Waals surface area contributed by atoms with Crippen LogP contribution < -0.4 is 5.32 Å². The van der Waals surface area contributed by atoms with Crippen molar-refractivity contribution >= 4 is 22.6 Å². The van der Waals surface area contributed by atoms with Gasteiger partial charge in [-0.1, -0.05) is 31.2 Å². The Bertz CT molecular complexity index is 590. The van der Waals surface area contributed by atoms with Crippen molar-refractivity contribution in [3.05, 3.63) is 68.0 Å². The molecule has 20 heavy (non-hydrogen) atoms. The number of hydrogen-bond donors (Lipinski definition) is 1. The number of nitrogens with one attached hydrogen (secondary N) is 1. The molecular formula is C17H19FIN. The van der Waals surface area contributed by atoms with Gasteiger partial charge in [0, 0.05) is 3.57 Å². The fourth-order valence-corrected chi connectivity index (χ4v) is 3.11. The smallest absolute Gasteiger partial charge is 0.123 e. The van der Waals surface area contributed by atoms with Gasteiger partial charge < -0.3 is 5.32 Å². The molecular weight excluding hydrogens is 364 g/mol. The SMILES string of the molecule is CCNC(c1cc(C)cc(F)c1)c1cccc(C)c1I. The second-order valence-electron chi connectivity index (χ2n) is 5.03. The maximum atomic E-state index is 13.7. The van der Waals surface area contributed by atoms with E-state index in [2.05, 4.69) is 66.0 Å². The molecule has 1 nitrogen and oxygen atoms in total. The fourth-order valence-electron chi connectivity index (χ4n) is 2.44. The number of benzene rings is 2. The minimum atomic E-state index is -0.175. The third kappa shape index (κ3) is 3.38. The first-order chi connectivity index (χ1) is 9.52. The lowest BCUT2D eigenvalue weighted by Crippen LogP contribution is -2.23. The van der Waals surface area contributed by atoms with Crippen LogP contribution in [0.3, 0.4) is 0 Å². The molecule has 1 atom stereocenters. The molecule has 0 aliphatic heterocycles. The van der Waals surface area contributed by atoms with Crippen LogP contribution in [0, 0.1) is 23.2 Å². The molecule has 0 aromatic heterocycles. The van der Waals surface area contributed by atoms with Crippen LogP contribution in [0.2, 0.25) is 0 Å². The van der Waals surface area contributed by atoms with Gasteiger partial charge in [0.25, 0.3) is 0 Å². The van der Waals surface area contributed by atoms with Crippen LogP contribution in [-0.2, 0) is 0 Å². The summed E-state index contributed by atoms with van der Waals surface area (Å²) < 4.78 is 14.9. The molecule has 0 spiro atoms. The van der Waals surface area contributed by atoms with Crippen molar-refractivity contribution in [2.24, 2.45) is 0 Å². The molecule has 0 fully saturated rings. The number of hydrogen-bond acceptors (Lipinski definition) is 1. The zero-order valence-corrected chi connectivity index (χ0v) is 14.2. The van der Waals surface area contributed by atoms with E-state index in [1.54, 1.807) is 12.1 Å². The summed E-state index contributed by atoms with van der Waals surface area (Å²) in [7, 11) is 0. The van der Waals surface area contributed by atoms with Crippen molar-refractivity contribution in [1.29, 1.82) is 0 Å². The van der Waals surface area contributed by atoms with Crippen LogP contribution in [0.25, 0.3) is 0 Å². The van der Waals surface area contributed by atoms with E-state index in [0.717, 1.165) is 17.7 Å². The molecule has 2 aromatic rings. The van der Waals surface area contributed by atoms with E-state index in [4.69, 9.17) is 0 Å². The highest BCUT2D eigenvalue weighted by Crippen LogP contribution is 2.29. The molecule has 0 amide bonds. The van der Waals surface area contributed by atoms with E-state index in [1.807, 2.05) is 6.92 Å². The molecule has 2 aromatic carbocycles. The van der Waals surface area contributed by atoms with Crippen LogP contribution in [0.1, 0.15) is 35.2 Å². The summed E-state index contributed by atoms with van der Waals surface area (Å²) >= 11 is 2.37. The van der Waals surface area contributed by atoms with Gasteiger partial charge in [0.05, 0.1) is 6.04 Å². The average molecular weight is 383 g/mol. The minimum Gasteiger partial charge on any atom is -0.306 e. The summed E-state index contributed by atoms with van der Waals surface area (Å²) in [6.07, 6.45) is 0. The second-order valence-corrected chi connectivity index (χ2v) is 6.11. The third-order valence-electron chi connectivity index (χ3n) is 3.34. The zero-order valence-electron chi connectivity index (χ0n) is 12.0. The van der Waals surface area contributed by atoms with Gasteiger partial charge in [0.2, 0.25) is 0 Å². The van der Waals surface area contributed by atoms with Gasteiger partial charge in [-0.15, -0.1) is 0 Å². The Morgan fingerprint density at radius 3 is 2.60 bits per heavy atom. The Hall–Kier alpha value is -0.940. The van der Waals surface area contributed by atoms with Crippen LogP contribution in [0.15, 0.2) is 36.4 Å². The molecule has 0 heterocycles. The van der Waals surface area contributed by atoms with Gasteiger partial charge in [-0.3, -0.25) is 0 Å².